The van der Waals surface area contributed by atoms with Crippen molar-refractivity contribution in [1.29, 1.82) is 0 Å². The number of carbonyl (C=O) groups is 1. The molecule has 8 heteroatoms. The molecule has 1 amide bonds. The summed E-state index contributed by atoms with van der Waals surface area (Å²) in [4.78, 5) is 19.3. The van der Waals surface area contributed by atoms with Gasteiger partial charge in [-0.3, -0.25) is 9.69 Å². The van der Waals surface area contributed by atoms with Crippen molar-refractivity contribution in [3.63, 3.8) is 0 Å². The number of aromatic nitrogens is 1. The van der Waals surface area contributed by atoms with Crippen molar-refractivity contribution in [2.75, 3.05) is 31.2 Å². The standard InChI is InChI=1S/C22H25N3O3S2/c1-30(27,28)18-7-8-19-20(14-18)29-22(23-19)24-21(26)15-25-11-9-17(10-12-25)13-16-5-3-2-4-6-16/h2-8,14,17H,9-13,15H2,1H3,(H,23,24,26). The van der Waals surface area contributed by atoms with Crippen LogP contribution in [0.4, 0.5) is 5.13 Å². The smallest absolute Gasteiger partial charge is 0.240 e. The molecule has 1 aliphatic heterocycles. The van der Waals surface area contributed by atoms with E-state index in [1.54, 1.807) is 18.2 Å². The highest BCUT2D eigenvalue weighted by molar-refractivity contribution is 7.90. The second-order valence-electron chi connectivity index (χ2n) is 7.88. The average Bonchev–Trinajstić information content (AvgIpc) is 3.11. The van der Waals surface area contributed by atoms with Gasteiger partial charge in [-0.15, -0.1) is 0 Å². The minimum Gasteiger partial charge on any atom is -0.301 e. The van der Waals surface area contributed by atoms with E-state index >= 15 is 0 Å². The fourth-order valence-corrected chi connectivity index (χ4v) is 5.49. The van der Waals surface area contributed by atoms with E-state index in [1.807, 2.05) is 6.07 Å². The molecule has 0 atom stereocenters. The summed E-state index contributed by atoms with van der Waals surface area (Å²) in [5.41, 5.74) is 2.06. The minimum atomic E-state index is -3.27. The number of carbonyl (C=O) groups excluding carboxylic acids is 1. The van der Waals surface area contributed by atoms with Crippen LogP contribution in [0.25, 0.3) is 10.2 Å². The van der Waals surface area contributed by atoms with Gasteiger partial charge in [-0.1, -0.05) is 41.7 Å². The van der Waals surface area contributed by atoms with E-state index < -0.39 is 9.84 Å². The number of hydrogen-bond donors (Lipinski definition) is 1. The molecule has 1 aromatic heterocycles. The van der Waals surface area contributed by atoms with Gasteiger partial charge in [-0.25, -0.2) is 13.4 Å². The molecule has 2 heterocycles. The summed E-state index contributed by atoms with van der Waals surface area (Å²) in [5, 5.41) is 3.36. The number of amides is 1. The summed E-state index contributed by atoms with van der Waals surface area (Å²) in [6.45, 7) is 2.19. The molecule has 1 fully saturated rings. The van der Waals surface area contributed by atoms with Crippen molar-refractivity contribution in [2.24, 2.45) is 5.92 Å². The van der Waals surface area contributed by atoms with Gasteiger partial charge in [0, 0.05) is 6.26 Å². The number of thiazole rings is 1. The van der Waals surface area contributed by atoms with Crippen LogP contribution in [0.5, 0.6) is 0 Å². The zero-order valence-corrected chi connectivity index (χ0v) is 18.5. The molecule has 1 aliphatic rings. The summed E-state index contributed by atoms with van der Waals surface area (Å²) in [6, 6.07) is 15.4. The quantitative estimate of drug-likeness (QED) is 0.630. The summed E-state index contributed by atoms with van der Waals surface area (Å²) < 4.78 is 24.2. The van der Waals surface area contributed by atoms with Crippen molar-refractivity contribution in [3.05, 3.63) is 54.1 Å². The van der Waals surface area contributed by atoms with Gasteiger partial charge in [-0.05, 0) is 62.0 Å². The van der Waals surface area contributed by atoms with Crippen LogP contribution in [-0.2, 0) is 21.1 Å². The van der Waals surface area contributed by atoms with Crippen LogP contribution in [0.2, 0.25) is 0 Å². The minimum absolute atomic E-state index is 0.0843. The molecule has 1 N–H and O–H groups in total. The number of rotatable bonds is 6. The maximum Gasteiger partial charge on any atom is 0.240 e. The largest absolute Gasteiger partial charge is 0.301 e. The number of likely N-dealkylation sites (tertiary alicyclic amines) is 1. The predicted octanol–water partition coefficient (Wildman–Crippen LogP) is 3.59. The lowest BCUT2D eigenvalue weighted by Gasteiger charge is -2.31. The molecule has 4 rings (SSSR count). The summed E-state index contributed by atoms with van der Waals surface area (Å²) in [7, 11) is -3.27. The topological polar surface area (TPSA) is 79.4 Å². The maximum atomic E-state index is 12.5. The number of sulfone groups is 1. The van der Waals surface area contributed by atoms with E-state index in [9.17, 15) is 13.2 Å². The van der Waals surface area contributed by atoms with Gasteiger partial charge >= 0.3 is 0 Å². The Balaban J connectivity index is 1.30. The molecule has 0 aliphatic carbocycles. The number of anilines is 1. The number of hydrogen-bond acceptors (Lipinski definition) is 6. The van der Waals surface area contributed by atoms with Gasteiger partial charge in [0.05, 0.1) is 21.7 Å². The second kappa shape index (κ2) is 8.83. The Kier molecular flexibility index (Phi) is 6.17. The summed E-state index contributed by atoms with van der Waals surface area (Å²) in [5.74, 6) is 0.582. The lowest BCUT2D eigenvalue weighted by molar-refractivity contribution is -0.117. The van der Waals surface area contributed by atoms with Gasteiger partial charge in [-0.2, -0.15) is 0 Å². The molecule has 0 radical (unpaired) electrons. The molecule has 0 spiro atoms. The number of nitrogens with one attached hydrogen (secondary N) is 1. The second-order valence-corrected chi connectivity index (χ2v) is 10.9. The molecule has 2 aromatic carbocycles. The Morgan fingerprint density at radius 3 is 2.60 bits per heavy atom. The maximum absolute atomic E-state index is 12.5. The Labute approximate surface area is 180 Å². The van der Waals surface area contributed by atoms with Gasteiger partial charge < -0.3 is 5.32 Å². The SMILES string of the molecule is CS(=O)(=O)c1ccc2nc(NC(=O)CN3CCC(Cc4ccccc4)CC3)sc2c1. The summed E-state index contributed by atoms with van der Waals surface area (Å²) >= 11 is 1.29. The molecular weight excluding hydrogens is 418 g/mol. The van der Waals surface area contributed by atoms with Crippen molar-refractivity contribution in [1.82, 2.24) is 9.88 Å². The van der Waals surface area contributed by atoms with E-state index in [0.29, 0.717) is 23.1 Å². The van der Waals surface area contributed by atoms with E-state index in [0.717, 1.165) is 37.1 Å². The van der Waals surface area contributed by atoms with Gasteiger partial charge in [0.2, 0.25) is 5.91 Å². The number of piperidine rings is 1. The van der Waals surface area contributed by atoms with Crippen molar-refractivity contribution in [3.8, 4) is 0 Å². The molecule has 30 heavy (non-hydrogen) atoms. The first kappa shape index (κ1) is 21.0. The van der Waals surface area contributed by atoms with Crippen LogP contribution < -0.4 is 5.32 Å². The van der Waals surface area contributed by atoms with E-state index in [2.05, 4.69) is 39.5 Å². The van der Waals surface area contributed by atoms with Gasteiger partial charge in [0.15, 0.2) is 15.0 Å². The van der Waals surface area contributed by atoms with Crippen LogP contribution in [-0.4, -0.2) is 50.1 Å². The molecule has 0 unspecified atom stereocenters. The monoisotopic (exact) mass is 443 g/mol. The van der Waals surface area contributed by atoms with E-state index in [1.165, 1.54) is 23.2 Å². The molecule has 158 valence electrons. The van der Waals surface area contributed by atoms with Crippen LogP contribution in [0, 0.1) is 5.92 Å². The first-order chi connectivity index (χ1) is 14.4. The molecule has 0 saturated carbocycles. The highest BCUT2D eigenvalue weighted by atomic mass is 32.2. The van der Waals surface area contributed by atoms with Gasteiger partial charge in [0.25, 0.3) is 0 Å². The molecule has 0 bridgehead atoms. The third kappa shape index (κ3) is 5.24. The highest BCUT2D eigenvalue weighted by Crippen LogP contribution is 2.28. The fraction of sp³-hybridized carbons (Fsp3) is 0.364. The third-order valence-corrected chi connectivity index (χ3v) is 7.52. The van der Waals surface area contributed by atoms with Crippen LogP contribution in [0.3, 0.4) is 0 Å². The Morgan fingerprint density at radius 2 is 1.90 bits per heavy atom. The zero-order valence-electron chi connectivity index (χ0n) is 16.9. The number of fused-ring (bicyclic) bond motifs is 1. The first-order valence-electron chi connectivity index (χ1n) is 10.0. The lowest BCUT2D eigenvalue weighted by Crippen LogP contribution is -2.39. The number of nitrogens with zero attached hydrogens (tertiary/aromatic N) is 2. The van der Waals surface area contributed by atoms with Crippen LogP contribution >= 0.6 is 11.3 Å². The Bertz CT molecular complexity index is 1130. The van der Waals surface area contributed by atoms with Crippen LogP contribution in [0.15, 0.2) is 53.4 Å². The third-order valence-electron chi connectivity index (χ3n) is 5.48. The number of benzene rings is 2. The normalized spacial score (nSPS) is 16.0. The zero-order chi connectivity index (χ0) is 21.1. The molecule has 3 aromatic rings. The van der Waals surface area contributed by atoms with E-state index in [4.69, 9.17) is 0 Å². The Hall–Kier alpha value is -2.29. The van der Waals surface area contributed by atoms with Crippen molar-refractivity contribution in [2.45, 2.75) is 24.2 Å². The predicted molar refractivity (Wildman–Crippen MR) is 121 cm³/mol. The Morgan fingerprint density at radius 1 is 1.17 bits per heavy atom. The molecule has 6 nitrogen and oxygen atoms in total. The molecule has 1 saturated heterocycles. The van der Waals surface area contributed by atoms with Crippen LogP contribution in [0.1, 0.15) is 18.4 Å². The van der Waals surface area contributed by atoms with Gasteiger partial charge in [0.1, 0.15) is 0 Å². The first-order valence-corrected chi connectivity index (χ1v) is 12.7. The molecular formula is C22H25N3O3S2. The van der Waals surface area contributed by atoms with Crippen molar-refractivity contribution >= 4 is 42.4 Å². The lowest BCUT2D eigenvalue weighted by atomic mass is 9.90. The highest BCUT2D eigenvalue weighted by Gasteiger charge is 2.21. The summed E-state index contributed by atoms with van der Waals surface area (Å²) in [6.07, 6.45) is 4.47. The fourth-order valence-electron chi connectivity index (χ4n) is 3.85. The average molecular weight is 444 g/mol. The van der Waals surface area contributed by atoms with Crippen molar-refractivity contribution < 1.29 is 13.2 Å². The van der Waals surface area contributed by atoms with E-state index in [-0.39, 0.29) is 10.8 Å².